The Balaban J connectivity index is 2.00. The van der Waals surface area contributed by atoms with Crippen molar-refractivity contribution in [2.75, 3.05) is 0 Å². The van der Waals surface area contributed by atoms with Gasteiger partial charge in [-0.05, 0) is 10.8 Å². The molecule has 0 aliphatic rings. The van der Waals surface area contributed by atoms with Crippen molar-refractivity contribution in [2.24, 2.45) is 7.05 Å². The molecule has 0 bridgehead atoms. The number of hydrogen-bond acceptors (Lipinski definition) is 3. The minimum atomic E-state index is 0.0629. The second kappa shape index (κ2) is 4.65. The van der Waals surface area contributed by atoms with Crippen LogP contribution in [0, 0.1) is 0 Å². The summed E-state index contributed by atoms with van der Waals surface area (Å²) in [5.41, 5.74) is 0.737. The summed E-state index contributed by atoms with van der Waals surface area (Å²) in [6, 6.07) is 13.7. The molecule has 3 rings (SSSR count). The van der Waals surface area contributed by atoms with Crippen LogP contribution in [0.4, 0.5) is 0 Å². The number of aromatic nitrogens is 3. The standard InChI is InChI=1S/C15H13N3O/c1-18-15(16-10-17-18)9-14(19)13-8-4-6-11-5-2-3-7-12(11)13/h2-8,10H,9H2,1H3. The van der Waals surface area contributed by atoms with Crippen LogP contribution in [0.15, 0.2) is 48.8 Å². The van der Waals surface area contributed by atoms with Gasteiger partial charge in [0.2, 0.25) is 0 Å². The maximum Gasteiger partial charge on any atom is 0.171 e. The first-order valence-electron chi connectivity index (χ1n) is 6.09. The Morgan fingerprint density at radius 3 is 2.74 bits per heavy atom. The van der Waals surface area contributed by atoms with Crippen molar-refractivity contribution in [3.63, 3.8) is 0 Å². The van der Waals surface area contributed by atoms with E-state index in [0.717, 1.165) is 16.3 Å². The molecule has 1 heterocycles. The van der Waals surface area contributed by atoms with Gasteiger partial charge in [0.1, 0.15) is 12.2 Å². The van der Waals surface area contributed by atoms with Crippen LogP contribution in [0.5, 0.6) is 0 Å². The molecule has 3 aromatic rings. The highest BCUT2D eigenvalue weighted by Gasteiger charge is 2.13. The van der Waals surface area contributed by atoms with Crippen LogP contribution in [0.25, 0.3) is 10.8 Å². The van der Waals surface area contributed by atoms with Crippen LogP contribution in [0.3, 0.4) is 0 Å². The molecule has 1 aromatic heterocycles. The third-order valence-corrected chi connectivity index (χ3v) is 3.21. The SMILES string of the molecule is Cn1ncnc1CC(=O)c1cccc2ccccc12. The number of carbonyl (C=O) groups excluding carboxylic acids is 1. The van der Waals surface area contributed by atoms with Gasteiger partial charge in [-0.2, -0.15) is 5.10 Å². The van der Waals surface area contributed by atoms with E-state index in [9.17, 15) is 4.79 Å². The van der Waals surface area contributed by atoms with Crippen molar-refractivity contribution >= 4 is 16.6 Å². The van der Waals surface area contributed by atoms with E-state index in [-0.39, 0.29) is 12.2 Å². The minimum absolute atomic E-state index is 0.0629. The second-order valence-electron chi connectivity index (χ2n) is 4.43. The van der Waals surface area contributed by atoms with Gasteiger partial charge in [0, 0.05) is 12.6 Å². The molecule has 0 aliphatic heterocycles. The Kier molecular flexibility index (Phi) is 2.83. The average Bonchev–Trinajstić information content (AvgIpc) is 2.83. The maximum absolute atomic E-state index is 12.4. The van der Waals surface area contributed by atoms with E-state index in [4.69, 9.17) is 0 Å². The molecule has 0 unspecified atom stereocenters. The monoisotopic (exact) mass is 251 g/mol. The Morgan fingerprint density at radius 2 is 1.95 bits per heavy atom. The molecule has 2 aromatic carbocycles. The Labute approximate surface area is 110 Å². The number of hydrogen-bond donors (Lipinski definition) is 0. The summed E-state index contributed by atoms with van der Waals surface area (Å²) in [5.74, 6) is 0.742. The zero-order valence-corrected chi connectivity index (χ0v) is 10.6. The fourth-order valence-electron chi connectivity index (χ4n) is 2.19. The Morgan fingerprint density at radius 1 is 1.16 bits per heavy atom. The number of benzene rings is 2. The highest BCUT2D eigenvalue weighted by Crippen LogP contribution is 2.19. The van der Waals surface area contributed by atoms with Crippen LogP contribution >= 0.6 is 0 Å². The van der Waals surface area contributed by atoms with Crippen LogP contribution in [0.1, 0.15) is 16.2 Å². The first-order valence-corrected chi connectivity index (χ1v) is 6.09. The normalized spacial score (nSPS) is 10.8. The first-order chi connectivity index (χ1) is 9.25. The van der Waals surface area contributed by atoms with Gasteiger partial charge < -0.3 is 0 Å². The third-order valence-electron chi connectivity index (χ3n) is 3.21. The summed E-state index contributed by atoms with van der Waals surface area (Å²) in [6.45, 7) is 0. The number of aryl methyl sites for hydroxylation is 1. The van der Waals surface area contributed by atoms with E-state index in [1.165, 1.54) is 6.33 Å². The summed E-state index contributed by atoms with van der Waals surface area (Å²) >= 11 is 0. The lowest BCUT2D eigenvalue weighted by Gasteiger charge is -2.05. The lowest BCUT2D eigenvalue weighted by Crippen LogP contribution is -2.09. The highest BCUT2D eigenvalue weighted by atomic mass is 16.1. The lowest BCUT2D eigenvalue weighted by molar-refractivity contribution is 0.0991. The predicted octanol–water partition coefficient (Wildman–Crippen LogP) is 2.39. The molecule has 0 N–H and O–H groups in total. The zero-order chi connectivity index (χ0) is 13.2. The van der Waals surface area contributed by atoms with E-state index in [0.29, 0.717) is 5.82 Å². The fraction of sp³-hybridized carbons (Fsp3) is 0.133. The molecular weight excluding hydrogens is 238 g/mol. The summed E-state index contributed by atoms with van der Waals surface area (Å²) < 4.78 is 1.63. The Hall–Kier alpha value is -2.49. The van der Waals surface area contributed by atoms with Gasteiger partial charge in [-0.1, -0.05) is 42.5 Å². The molecule has 0 atom stereocenters. The van der Waals surface area contributed by atoms with Crippen LogP contribution in [-0.2, 0) is 13.5 Å². The summed E-state index contributed by atoms with van der Waals surface area (Å²) in [6.07, 6.45) is 1.73. The van der Waals surface area contributed by atoms with Crippen molar-refractivity contribution in [1.82, 2.24) is 14.8 Å². The number of nitrogens with zero attached hydrogens (tertiary/aromatic N) is 3. The van der Waals surface area contributed by atoms with Crippen molar-refractivity contribution in [1.29, 1.82) is 0 Å². The van der Waals surface area contributed by atoms with E-state index in [1.54, 1.807) is 11.7 Å². The molecule has 0 spiro atoms. The molecule has 0 amide bonds. The van der Waals surface area contributed by atoms with E-state index < -0.39 is 0 Å². The molecule has 0 saturated heterocycles. The molecule has 19 heavy (non-hydrogen) atoms. The topological polar surface area (TPSA) is 47.8 Å². The molecule has 0 saturated carbocycles. The molecule has 0 radical (unpaired) electrons. The maximum atomic E-state index is 12.4. The summed E-state index contributed by atoms with van der Waals surface area (Å²) in [7, 11) is 1.79. The fourth-order valence-corrected chi connectivity index (χ4v) is 2.19. The van der Waals surface area contributed by atoms with Gasteiger partial charge in [-0.3, -0.25) is 9.48 Å². The average molecular weight is 251 g/mol. The van der Waals surface area contributed by atoms with Gasteiger partial charge in [-0.25, -0.2) is 4.98 Å². The van der Waals surface area contributed by atoms with Crippen molar-refractivity contribution in [3.8, 4) is 0 Å². The van der Waals surface area contributed by atoms with Crippen LogP contribution in [-0.4, -0.2) is 20.5 Å². The molecular formula is C15H13N3O. The summed E-state index contributed by atoms with van der Waals surface area (Å²) in [4.78, 5) is 16.5. The van der Waals surface area contributed by atoms with Crippen molar-refractivity contribution < 1.29 is 4.79 Å². The van der Waals surface area contributed by atoms with E-state index in [2.05, 4.69) is 10.1 Å². The number of ketones is 1. The minimum Gasteiger partial charge on any atom is -0.294 e. The predicted molar refractivity (Wildman–Crippen MR) is 73.0 cm³/mol. The van der Waals surface area contributed by atoms with Gasteiger partial charge in [-0.15, -0.1) is 0 Å². The lowest BCUT2D eigenvalue weighted by atomic mass is 10.00. The van der Waals surface area contributed by atoms with Crippen molar-refractivity contribution in [2.45, 2.75) is 6.42 Å². The molecule has 4 nitrogen and oxygen atoms in total. The number of fused-ring (bicyclic) bond motifs is 1. The smallest absolute Gasteiger partial charge is 0.171 e. The first kappa shape index (κ1) is 11.6. The number of rotatable bonds is 3. The molecule has 0 aliphatic carbocycles. The third kappa shape index (κ3) is 2.12. The van der Waals surface area contributed by atoms with Crippen molar-refractivity contribution in [3.05, 3.63) is 60.2 Å². The van der Waals surface area contributed by atoms with Crippen LogP contribution < -0.4 is 0 Å². The Bertz CT molecular complexity index is 740. The zero-order valence-electron chi connectivity index (χ0n) is 10.6. The van der Waals surface area contributed by atoms with Gasteiger partial charge >= 0.3 is 0 Å². The number of Topliss-reactive ketones (excluding diaryl/α,β-unsaturated/α-hetero) is 1. The quantitative estimate of drug-likeness (QED) is 0.671. The van der Waals surface area contributed by atoms with Gasteiger partial charge in [0.15, 0.2) is 5.78 Å². The molecule has 4 heteroatoms. The summed E-state index contributed by atoms with van der Waals surface area (Å²) in [5, 5.41) is 6.04. The molecule has 94 valence electrons. The molecule has 0 fully saturated rings. The second-order valence-corrected chi connectivity index (χ2v) is 4.43. The van der Waals surface area contributed by atoms with Crippen LogP contribution in [0.2, 0.25) is 0 Å². The van der Waals surface area contributed by atoms with Gasteiger partial charge in [0.05, 0.1) is 6.42 Å². The highest BCUT2D eigenvalue weighted by molar-refractivity contribution is 6.08. The van der Waals surface area contributed by atoms with E-state index >= 15 is 0 Å². The number of carbonyl (C=O) groups is 1. The van der Waals surface area contributed by atoms with Gasteiger partial charge in [0.25, 0.3) is 0 Å². The van der Waals surface area contributed by atoms with E-state index in [1.807, 2.05) is 42.5 Å². The largest absolute Gasteiger partial charge is 0.294 e.